The van der Waals surface area contributed by atoms with Crippen LogP contribution in [0.1, 0.15) is 53.0 Å². The summed E-state index contributed by atoms with van der Waals surface area (Å²) < 4.78 is 43.6. The lowest BCUT2D eigenvalue weighted by Crippen LogP contribution is -2.60. The Bertz CT molecular complexity index is 768. The third-order valence-electron chi connectivity index (χ3n) is 5.20. The molecule has 2 rings (SSSR count). The zero-order valence-corrected chi connectivity index (χ0v) is 18.4. The fourth-order valence-electron chi connectivity index (χ4n) is 3.69. The van der Waals surface area contributed by atoms with Crippen LogP contribution >= 0.6 is 0 Å². The number of pyridine rings is 1. The van der Waals surface area contributed by atoms with E-state index in [1.807, 2.05) is 13.8 Å². The summed E-state index contributed by atoms with van der Waals surface area (Å²) in [6, 6.07) is 1.29. The molecule has 0 unspecified atom stereocenters. The van der Waals surface area contributed by atoms with E-state index in [0.29, 0.717) is 25.9 Å². The lowest BCUT2D eigenvalue weighted by atomic mass is 9.94. The Morgan fingerprint density at radius 2 is 1.77 bits per heavy atom. The molecular formula is C21H30F3N3O4. The minimum Gasteiger partial charge on any atom is -0.474 e. The van der Waals surface area contributed by atoms with E-state index in [-0.39, 0.29) is 23.8 Å². The maximum atomic E-state index is 13.2. The van der Waals surface area contributed by atoms with Gasteiger partial charge in [-0.3, -0.25) is 9.69 Å². The zero-order valence-electron chi connectivity index (χ0n) is 18.4. The highest BCUT2D eigenvalue weighted by Crippen LogP contribution is 2.30. The first-order chi connectivity index (χ1) is 14.2. The van der Waals surface area contributed by atoms with Crippen LogP contribution in [0.25, 0.3) is 0 Å². The number of amides is 2. The van der Waals surface area contributed by atoms with Crippen LogP contribution in [0.2, 0.25) is 0 Å². The van der Waals surface area contributed by atoms with E-state index in [1.165, 1.54) is 11.0 Å². The van der Waals surface area contributed by atoms with Crippen molar-refractivity contribution in [1.29, 1.82) is 0 Å². The molecule has 2 amide bonds. The Morgan fingerprint density at radius 3 is 2.16 bits per heavy atom. The molecule has 0 bridgehead atoms. The number of hydrogen-bond donors (Lipinski definition) is 1. The molecule has 1 aliphatic rings. The van der Waals surface area contributed by atoms with E-state index >= 15 is 0 Å². The summed E-state index contributed by atoms with van der Waals surface area (Å²) in [4.78, 5) is 31.6. The molecule has 31 heavy (non-hydrogen) atoms. The Morgan fingerprint density at radius 1 is 1.19 bits per heavy atom. The normalized spacial score (nSPS) is 16.9. The molecule has 1 aromatic rings. The van der Waals surface area contributed by atoms with Gasteiger partial charge in [0, 0.05) is 43.7 Å². The monoisotopic (exact) mass is 445 g/mol. The molecule has 1 fully saturated rings. The van der Waals surface area contributed by atoms with Crippen molar-refractivity contribution in [2.24, 2.45) is 5.92 Å². The molecule has 1 aliphatic heterocycles. The van der Waals surface area contributed by atoms with Crippen LogP contribution in [0.3, 0.4) is 0 Å². The van der Waals surface area contributed by atoms with Gasteiger partial charge in [0.1, 0.15) is 12.1 Å². The standard InChI is InChI=1S/C21H30F3N3O4/c1-13(2)17(27(19(29)30)20(3,4)5)18(28)26-10-8-15(9-11-26)31-16-7-6-14(12-25-16)21(22,23)24/h6-7,12-13,15,17H,8-11H2,1-5H3,(H,29,30)/t17-/m0/s1. The summed E-state index contributed by atoms with van der Waals surface area (Å²) in [5.41, 5.74) is -1.59. The van der Waals surface area contributed by atoms with E-state index < -0.39 is 29.4 Å². The van der Waals surface area contributed by atoms with E-state index in [9.17, 15) is 27.9 Å². The van der Waals surface area contributed by atoms with Gasteiger partial charge in [-0.2, -0.15) is 13.2 Å². The molecule has 1 aromatic heterocycles. The number of ether oxygens (including phenoxy) is 1. The maximum Gasteiger partial charge on any atom is 0.417 e. The Hall–Kier alpha value is -2.52. The molecule has 0 aliphatic carbocycles. The van der Waals surface area contributed by atoms with Gasteiger partial charge >= 0.3 is 12.3 Å². The van der Waals surface area contributed by atoms with Crippen LogP contribution < -0.4 is 4.74 Å². The summed E-state index contributed by atoms with van der Waals surface area (Å²) in [5, 5.41) is 9.71. The third-order valence-corrected chi connectivity index (χ3v) is 5.20. The fourth-order valence-corrected chi connectivity index (χ4v) is 3.69. The lowest BCUT2D eigenvalue weighted by Gasteiger charge is -2.43. The summed E-state index contributed by atoms with van der Waals surface area (Å²) in [6.45, 7) is 9.62. The highest BCUT2D eigenvalue weighted by molar-refractivity contribution is 5.86. The van der Waals surface area contributed by atoms with Gasteiger partial charge in [-0.05, 0) is 32.8 Å². The Kier molecular flexibility index (Phi) is 7.44. The van der Waals surface area contributed by atoms with Gasteiger partial charge in [0.15, 0.2) is 0 Å². The number of nitrogens with zero attached hydrogens (tertiary/aromatic N) is 3. The Balaban J connectivity index is 2.02. The van der Waals surface area contributed by atoms with Crippen molar-refractivity contribution >= 4 is 12.0 Å². The number of carbonyl (C=O) groups is 2. The second-order valence-electron chi connectivity index (χ2n) is 9.04. The van der Waals surface area contributed by atoms with Crippen LogP contribution in [0.4, 0.5) is 18.0 Å². The molecule has 2 heterocycles. The van der Waals surface area contributed by atoms with Gasteiger partial charge in [0.2, 0.25) is 11.8 Å². The van der Waals surface area contributed by atoms with Crippen molar-refractivity contribution in [3.8, 4) is 5.88 Å². The second-order valence-corrected chi connectivity index (χ2v) is 9.04. The van der Waals surface area contributed by atoms with E-state index in [0.717, 1.165) is 12.3 Å². The zero-order chi connectivity index (χ0) is 23.6. The molecule has 174 valence electrons. The summed E-state index contributed by atoms with van der Waals surface area (Å²) in [6.07, 6.45) is -4.21. The molecule has 7 nitrogen and oxygen atoms in total. The fraction of sp³-hybridized carbons (Fsp3) is 0.667. The lowest BCUT2D eigenvalue weighted by molar-refractivity contribution is -0.142. The van der Waals surface area contributed by atoms with Gasteiger partial charge in [-0.1, -0.05) is 13.8 Å². The molecule has 10 heteroatoms. The molecule has 0 aromatic carbocycles. The quantitative estimate of drug-likeness (QED) is 0.732. The maximum absolute atomic E-state index is 13.2. The van der Waals surface area contributed by atoms with Gasteiger partial charge in [-0.25, -0.2) is 9.78 Å². The minimum atomic E-state index is -4.46. The van der Waals surface area contributed by atoms with Crippen molar-refractivity contribution in [3.63, 3.8) is 0 Å². The molecule has 0 spiro atoms. The van der Waals surface area contributed by atoms with Crippen LogP contribution in [-0.4, -0.2) is 62.7 Å². The molecule has 0 saturated carbocycles. The largest absolute Gasteiger partial charge is 0.474 e. The Labute approximate surface area is 180 Å². The first-order valence-corrected chi connectivity index (χ1v) is 10.2. The first-order valence-electron chi connectivity index (χ1n) is 10.2. The molecular weight excluding hydrogens is 415 g/mol. The van der Waals surface area contributed by atoms with Crippen molar-refractivity contribution in [2.75, 3.05) is 13.1 Å². The summed E-state index contributed by atoms with van der Waals surface area (Å²) in [5.74, 6) is -0.366. The van der Waals surface area contributed by atoms with Gasteiger partial charge < -0.3 is 14.7 Å². The molecule has 1 N–H and O–H groups in total. The average molecular weight is 445 g/mol. The van der Waals surface area contributed by atoms with Crippen molar-refractivity contribution in [3.05, 3.63) is 23.9 Å². The number of rotatable bonds is 5. The van der Waals surface area contributed by atoms with Gasteiger partial charge in [-0.15, -0.1) is 0 Å². The summed E-state index contributed by atoms with van der Waals surface area (Å²) in [7, 11) is 0. The number of likely N-dealkylation sites (tertiary alicyclic amines) is 1. The van der Waals surface area contributed by atoms with Crippen molar-refractivity contribution in [1.82, 2.24) is 14.8 Å². The molecule has 1 atom stereocenters. The first kappa shape index (κ1) is 24.7. The minimum absolute atomic E-state index is 0.0996. The van der Waals surface area contributed by atoms with Crippen LogP contribution in [0, 0.1) is 5.92 Å². The van der Waals surface area contributed by atoms with Gasteiger partial charge in [0.25, 0.3) is 0 Å². The van der Waals surface area contributed by atoms with E-state index in [4.69, 9.17) is 4.74 Å². The number of aromatic nitrogens is 1. The smallest absolute Gasteiger partial charge is 0.417 e. The molecule has 1 saturated heterocycles. The second kappa shape index (κ2) is 9.32. The van der Waals surface area contributed by atoms with E-state index in [1.54, 1.807) is 25.7 Å². The van der Waals surface area contributed by atoms with Gasteiger partial charge in [0.05, 0.1) is 5.56 Å². The van der Waals surface area contributed by atoms with Crippen LogP contribution in [-0.2, 0) is 11.0 Å². The highest BCUT2D eigenvalue weighted by Gasteiger charge is 2.41. The SMILES string of the molecule is CC(C)[C@@H](C(=O)N1CCC(Oc2ccc(C(F)(F)F)cn2)CC1)N(C(=O)O)C(C)(C)C. The number of carbonyl (C=O) groups excluding carboxylic acids is 1. The topological polar surface area (TPSA) is 83.0 Å². The third kappa shape index (κ3) is 6.24. The predicted molar refractivity (Wildman–Crippen MR) is 108 cm³/mol. The number of halogens is 3. The van der Waals surface area contributed by atoms with Crippen molar-refractivity contribution < 1.29 is 32.6 Å². The van der Waals surface area contributed by atoms with Crippen LogP contribution in [0.5, 0.6) is 5.88 Å². The van der Waals surface area contributed by atoms with E-state index in [2.05, 4.69) is 4.98 Å². The van der Waals surface area contributed by atoms with Crippen LogP contribution in [0.15, 0.2) is 18.3 Å². The van der Waals surface area contributed by atoms with Crippen molar-refractivity contribution in [2.45, 2.75) is 71.3 Å². The molecule has 0 radical (unpaired) electrons. The number of carboxylic acid groups (broad SMARTS) is 1. The average Bonchev–Trinajstić information content (AvgIpc) is 2.64. The summed E-state index contributed by atoms with van der Waals surface area (Å²) >= 11 is 0. The number of alkyl halides is 3. The number of piperidine rings is 1. The highest BCUT2D eigenvalue weighted by atomic mass is 19.4. The number of hydrogen-bond acceptors (Lipinski definition) is 4. The predicted octanol–water partition coefficient (Wildman–Crippen LogP) is 4.27.